The second-order valence-electron chi connectivity index (χ2n) is 6.43. The molecule has 1 amide bonds. The average Bonchev–Trinajstić information content (AvgIpc) is 2.52. The van der Waals surface area contributed by atoms with Crippen molar-refractivity contribution in [3.63, 3.8) is 0 Å². The summed E-state index contributed by atoms with van der Waals surface area (Å²) in [6.07, 6.45) is 0.386. The number of carbonyl (C=O) groups is 2. The number of amides is 1. The molecule has 0 fully saturated rings. The van der Waals surface area contributed by atoms with Crippen LogP contribution in [0, 0.1) is 31.1 Å². The van der Waals surface area contributed by atoms with E-state index in [1.165, 1.54) is 0 Å². The number of aromatic amines is 1. The molecule has 0 aliphatic carbocycles. The summed E-state index contributed by atoms with van der Waals surface area (Å²) >= 11 is 0. The first-order valence-electron chi connectivity index (χ1n) is 8.24. The third-order valence-electron chi connectivity index (χ3n) is 4.25. The third-order valence-corrected chi connectivity index (χ3v) is 4.25. The fourth-order valence-electron chi connectivity index (χ4n) is 2.33. The lowest BCUT2D eigenvalue weighted by Crippen LogP contribution is -2.38. The van der Waals surface area contributed by atoms with Gasteiger partial charge in [0.15, 0.2) is 6.61 Å². The van der Waals surface area contributed by atoms with Gasteiger partial charge in [0.25, 0.3) is 11.5 Å². The smallest absolute Gasteiger partial charge is 0.306 e. The van der Waals surface area contributed by atoms with Crippen LogP contribution < -0.4 is 10.9 Å². The van der Waals surface area contributed by atoms with Crippen LogP contribution in [0.5, 0.6) is 0 Å². The molecule has 0 unspecified atom stereocenters. The highest BCUT2D eigenvalue weighted by atomic mass is 16.5. The number of nitrogens with one attached hydrogen (secondary N) is 2. The maximum atomic E-state index is 11.8. The maximum absolute atomic E-state index is 11.8. The summed E-state index contributed by atoms with van der Waals surface area (Å²) < 4.78 is 4.98. The molecule has 0 aliphatic heterocycles. The number of pyridine rings is 1. The number of nitrogens with zero attached hydrogens (tertiary/aromatic N) is 1. The minimum atomic E-state index is -0.504. The van der Waals surface area contributed by atoms with E-state index < -0.39 is 11.5 Å². The predicted octanol–water partition coefficient (Wildman–Crippen LogP) is 1.50. The molecule has 0 aliphatic rings. The Balaban J connectivity index is 2.60. The molecule has 1 heterocycles. The van der Waals surface area contributed by atoms with Crippen molar-refractivity contribution in [2.45, 2.75) is 53.5 Å². The predicted molar refractivity (Wildman–Crippen MR) is 93.0 cm³/mol. The van der Waals surface area contributed by atoms with Gasteiger partial charge in [-0.05, 0) is 44.2 Å². The molecule has 1 atom stereocenters. The fourth-order valence-corrected chi connectivity index (χ4v) is 2.33. The van der Waals surface area contributed by atoms with Gasteiger partial charge in [-0.1, -0.05) is 13.8 Å². The molecule has 0 bridgehead atoms. The zero-order valence-electron chi connectivity index (χ0n) is 15.4. The van der Waals surface area contributed by atoms with Gasteiger partial charge in [0, 0.05) is 18.2 Å². The van der Waals surface area contributed by atoms with Gasteiger partial charge in [-0.2, -0.15) is 5.26 Å². The molecule has 0 radical (unpaired) electrons. The molecular formula is C18H25N3O4. The Morgan fingerprint density at radius 3 is 2.48 bits per heavy atom. The van der Waals surface area contributed by atoms with E-state index in [1.807, 2.05) is 26.8 Å². The number of ether oxygens (including phenoxy) is 1. The van der Waals surface area contributed by atoms with E-state index >= 15 is 0 Å². The van der Waals surface area contributed by atoms with Crippen molar-refractivity contribution in [2.75, 3.05) is 6.61 Å². The topological polar surface area (TPSA) is 112 Å². The molecule has 1 rings (SSSR count). The Bertz CT molecular complexity index is 744. The van der Waals surface area contributed by atoms with Crippen LogP contribution in [0.15, 0.2) is 4.79 Å². The first-order valence-corrected chi connectivity index (χ1v) is 8.24. The van der Waals surface area contributed by atoms with Crippen molar-refractivity contribution in [1.82, 2.24) is 10.3 Å². The number of H-pyrrole nitrogens is 1. The molecule has 0 saturated carbocycles. The highest BCUT2D eigenvalue weighted by Gasteiger charge is 2.15. The Hall–Kier alpha value is -2.62. The van der Waals surface area contributed by atoms with Crippen molar-refractivity contribution in [1.29, 1.82) is 5.26 Å². The molecule has 25 heavy (non-hydrogen) atoms. The molecule has 7 nitrogen and oxygen atoms in total. The summed E-state index contributed by atoms with van der Waals surface area (Å²) in [6, 6.07) is 1.88. The van der Waals surface area contributed by atoms with Gasteiger partial charge >= 0.3 is 5.97 Å². The second-order valence-corrected chi connectivity index (χ2v) is 6.43. The molecule has 136 valence electrons. The summed E-state index contributed by atoms with van der Waals surface area (Å²) in [5.41, 5.74) is 1.56. The molecule has 7 heteroatoms. The van der Waals surface area contributed by atoms with Gasteiger partial charge in [0.05, 0.1) is 0 Å². The number of esters is 1. The maximum Gasteiger partial charge on any atom is 0.306 e. The van der Waals surface area contributed by atoms with Crippen LogP contribution in [-0.4, -0.2) is 29.5 Å². The number of rotatable bonds is 7. The third kappa shape index (κ3) is 5.75. The molecule has 1 aromatic heterocycles. The van der Waals surface area contributed by atoms with Crippen molar-refractivity contribution < 1.29 is 14.3 Å². The van der Waals surface area contributed by atoms with Crippen LogP contribution in [-0.2, 0) is 20.7 Å². The van der Waals surface area contributed by atoms with Gasteiger partial charge in [-0.15, -0.1) is 0 Å². The van der Waals surface area contributed by atoms with Gasteiger partial charge in [0.2, 0.25) is 0 Å². The first kappa shape index (κ1) is 20.4. The Labute approximate surface area is 147 Å². The van der Waals surface area contributed by atoms with Crippen LogP contribution in [0.1, 0.15) is 49.6 Å². The lowest BCUT2D eigenvalue weighted by molar-refractivity contribution is -0.148. The van der Waals surface area contributed by atoms with Gasteiger partial charge < -0.3 is 15.0 Å². The second kappa shape index (κ2) is 9.02. The van der Waals surface area contributed by atoms with Crippen molar-refractivity contribution in [3.8, 4) is 6.07 Å². The van der Waals surface area contributed by atoms with E-state index in [0.29, 0.717) is 23.6 Å². The lowest BCUT2D eigenvalue weighted by atomic mass is 9.99. The number of nitriles is 1. The summed E-state index contributed by atoms with van der Waals surface area (Å²) in [7, 11) is 0. The van der Waals surface area contributed by atoms with Crippen LogP contribution in [0.2, 0.25) is 0 Å². The number of hydrogen-bond acceptors (Lipinski definition) is 5. The average molecular weight is 347 g/mol. The zero-order valence-corrected chi connectivity index (χ0v) is 15.4. The lowest BCUT2D eigenvalue weighted by Gasteiger charge is -2.17. The van der Waals surface area contributed by atoms with Crippen LogP contribution in [0.3, 0.4) is 0 Å². The number of aryl methyl sites for hydroxylation is 1. The van der Waals surface area contributed by atoms with Gasteiger partial charge in [0.1, 0.15) is 11.6 Å². The van der Waals surface area contributed by atoms with Crippen molar-refractivity contribution in [2.24, 2.45) is 5.92 Å². The highest BCUT2D eigenvalue weighted by Crippen LogP contribution is 2.15. The number of carbonyl (C=O) groups excluding carboxylic acids is 2. The Morgan fingerprint density at radius 2 is 1.92 bits per heavy atom. The SMILES string of the molecule is Cc1[nH]c(=O)c(C#N)c(C)c1CCC(=O)OCC(=O)N[C@H](C)C(C)C. The van der Waals surface area contributed by atoms with E-state index in [0.717, 1.165) is 5.56 Å². The Morgan fingerprint density at radius 1 is 1.28 bits per heavy atom. The summed E-state index contributed by atoms with van der Waals surface area (Å²) in [5.74, 6) is -0.547. The molecule has 2 N–H and O–H groups in total. The normalized spacial score (nSPS) is 11.7. The molecule has 1 aromatic rings. The number of hydrogen-bond donors (Lipinski definition) is 2. The molecule has 0 saturated heterocycles. The summed E-state index contributed by atoms with van der Waals surface area (Å²) in [4.78, 5) is 37.8. The first-order chi connectivity index (χ1) is 11.7. The quantitative estimate of drug-likeness (QED) is 0.726. The molecule has 0 aromatic carbocycles. The molecule has 0 spiro atoms. The fraction of sp³-hybridized carbons (Fsp3) is 0.556. The standard InChI is InChI=1S/C18H25N3O4/c1-10(2)12(4)20-16(22)9-25-17(23)7-6-14-11(3)15(8-19)18(24)21-13(14)5/h10,12H,6-7,9H2,1-5H3,(H,20,22)(H,21,24)/t12-/m1/s1. The summed E-state index contributed by atoms with van der Waals surface area (Å²) in [5, 5.41) is 11.8. The Kier molecular flexibility index (Phi) is 7.37. The van der Waals surface area contributed by atoms with Crippen LogP contribution in [0.4, 0.5) is 0 Å². The van der Waals surface area contributed by atoms with Crippen LogP contribution in [0.25, 0.3) is 0 Å². The van der Waals surface area contributed by atoms with E-state index in [2.05, 4.69) is 10.3 Å². The van der Waals surface area contributed by atoms with E-state index in [9.17, 15) is 14.4 Å². The van der Waals surface area contributed by atoms with E-state index in [1.54, 1.807) is 13.8 Å². The van der Waals surface area contributed by atoms with Crippen molar-refractivity contribution in [3.05, 3.63) is 32.7 Å². The van der Waals surface area contributed by atoms with Crippen LogP contribution >= 0.6 is 0 Å². The minimum Gasteiger partial charge on any atom is -0.456 e. The van der Waals surface area contributed by atoms with E-state index in [4.69, 9.17) is 10.00 Å². The number of aromatic nitrogens is 1. The van der Waals surface area contributed by atoms with Gasteiger partial charge in [-0.3, -0.25) is 14.4 Å². The monoisotopic (exact) mass is 347 g/mol. The van der Waals surface area contributed by atoms with Gasteiger partial charge in [-0.25, -0.2) is 0 Å². The molecular weight excluding hydrogens is 322 g/mol. The highest BCUT2D eigenvalue weighted by molar-refractivity contribution is 5.80. The largest absolute Gasteiger partial charge is 0.456 e. The minimum absolute atomic E-state index is 0.00190. The van der Waals surface area contributed by atoms with Crippen molar-refractivity contribution >= 4 is 11.9 Å². The summed E-state index contributed by atoms with van der Waals surface area (Å²) in [6.45, 7) is 8.95. The zero-order chi connectivity index (χ0) is 19.1. The van der Waals surface area contributed by atoms with E-state index in [-0.39, 0.29) is 30.5 Å².